The predicted molar refractivity (Wildman–Crippen MR) is 80.6 cm³/mol. The van der Waals surface area contributed by atoms with Crippen LogP contribution in [0.15, 0.2) is 42.5 Å². The molecule has 4 nitrogen and oxygen atoms in total. The van der Waals surface area contributed by atoms with Gasteiger partial charge in [0.25, 0.3) is 0 Å². The molecule has 1 aromatic heterocycles. The molecular formula is C15H14ClN3O. The maximum atomic E-state index is 9.48. The second kappa shape index (κ2) is 5.15. The van der Waals surface area contributed by atoms with E-state index in [4.69, 9.17) is 17.3 Å². The van der Waals surface area contributed by atoms with E-state index >= 15 is 0 Å². The van der Waals surface area contributed by atoms with E-state index in [0.29, 0.717) is 23.1 Å². The molecule has 0 amide bonds. The summed E-state index contributed by atoms with van der Waals surface area (Å²) in [7, 11) is 0. The van der Waals surface area contributed by atoms with Crippen LogP contribution in [0.2, 0.25) is 5.02 Å². The maximum absolute atomic E-state index is 9.48. The van der Waals surface area contributed by atoms with Crippen LogP contribution in [0.1, 0.15) is 11.4 Å². The van der Waals surface area contributed by atoms with E-state index in [1.807, 2.05) is 47.0 Å². The average molecular weight is 288 g/mol. The number of aromatic nitrogens is 2. The van der Waals surface area contributed by atoms with Crippen molar-refractivity contribution in [2.45, 2.75) is 13.2 Å². The van der Waals surface area contributed by atoms with Crippen LogP contribution in [-0.4, -0.2) is 14.7 Å². The lowest BCUT2D eigenvalue weighted by molar-refractivity contribution is 0.267. The van der Waals surface area contributed by atoms with Gasteiger partial charge in [-0.3, -0.25) is 0 Å². The summed E-state index contributed by atoms with van der Waals surface area (Å²) in [6.45, 7) is 0.492. The lowest BCUT2D eigenvalue weighted by Gasteiger charge is -2.08. The third-order valence-electron chi connectivity index (χ3n) is 3.22. The van der Waals surface area contributed by atoms with Gasteiger partial charge in [-0.2, -0.15) is 0 Å². The lowest BCUT2D eigenvalue weighted by Crippen LogP contribution is -2.05. The van der Waals surface area contributed by atoms with Gasteiger partial charge in [0.05, 0.1) is 11.0 Å². The van der Waals surface area contributed by atoms with Gasteiger partial charge in [-0.15, -0.1) is 0 Å². The van der Waals surface area contributed by atoms with Crippen molar-refractivity contribution >= 4 is 28.3 Å². The van der Waals surface area contributed by atoms with E-state index in [2.05, 4.69) is 4.98 Å². The Morgan fingerprint density at radius 3 is 2.80 bits per heavy atom. The van der Waals surface area contributed by atoms with E-state index in [1.54, 1.807) is 0 Å². The summed E-state index contributed by atoms with van der Waals surface area (Å²) < 4.78 is 1.97. The van der Waals surface area contributed by atoms with E-state index < -0.39 is 0 Å². The molecule has 0 aliphatic rings. The predicted octanol–water partition coefficient (Wildman–Crippen LogP) is 2.81. The van der Waals surface area contributed by atoms with Crippen molar-refractivity contribution in [2.24, 2.45) is 0 Å². The molecule has 0 radical (unpaired) electrons. The molecule has 3 N–H and O–H groups in total. The first kappa shape index (κ1) is 13.0. The molecule has 20 heavy (non-hydrogen) atoms. The normalized spacial score (nSPS) is 11.1. The summed E-state index contributed by atoms with van der Waals surface area (Å²) in [5.74, 6) is 0.616. The van der Waals surface area contributed by atoms with Gasteiger partial charge in [0.1, 0.15) is 12.4 Å². The van der Waals surface area contributed by atoms with Crippen LogP contribution >= 0.6 is 11.6 Å². The third-order valence-corrected chi connectivity index (χ3v) is 3.46. The SMILES string of the molecule is Nc1ccc2c(c1)nc(CO)n2Cc1cccc(Cl)c1. The molecule has 0 atom stereocenters. The van der Waals surface area contributed by atoms with Crippen LogP contribution in [0.5, 0.6) is 0 Å². The number of nitrogens with two attached hydrogens (primary N) is 1. The second-order valence-electron chi connectivity index (χ2n) is 4.65. The number of nitrogen functional groups attached to an aromatic ring is 1. The van der Waals surface area contributed by atoms with Crippen LogP contribution < -0.4 is 5.73 Å². The molecule has 5 heteroatoms. The summed E-state index contributed by atoms with van der Waals surface area (Å²) >= 11 is 6.01. The molecular weight excluding hydrogens is 274 g/mol. The minimum absolute atomic E-state index is 0.116. The molecule has 3 rings (SSSR count). The summed E-state index contributed by atoms with van der Waals surface area (Å²) in [4.78, 5) is 4.41. The van der Waals surface area contributed by atoms with E-state index in [9.17, 15) is 5.11 Å². The summed E-state index contributed by atoms with van der Waals surface area (Å²) in [6.07, 6.45) is 0. The lowest BCUT2D eigenvalue weighted by atomic mass is 10.2. The first-order valence-electron chi connectivity index (χ1n) is 6.27. The molecule has 3 aromatic rings. The van der Waals surface area contributed by atoms with Crippen molar-refractivity contribution in [2.75, 3.05) is 5.73 Å². The number of rotatable bonds is 3. The molecule has 0 bridgehead atoms. The number of benzene rings is 2. The van der Waals surface area contributed by atoms with Gasteiger partial charge in [0.2, 0.25) is 0 Å². The molecule has 0 fully saturated rings. The van der Waals surface area contributed by atoms with Crippen molar-refractivity contribution in [3.05, 3.63) is 58.9 Å². The number of fused-ring (bicyclic) bond motifs is 1. The van der Waals surface area contributed by atoms with Gasteiger partial charge < -0.3 is 15.4 Å². The van der Waals surface area contributed by atoms with Crippen molar-refractivity contribution in [3.63, 3.8) is 0 Å². The highest BCUT2D eigenvalue weighted by Gasteiger charge is 2.10. The number of aliphatic hydroxyl groups is 1. The standard InChI is InChI=1S/C15H14ClN3O/c16-11-3-1-2-10(6-11)8-19-14-5-4-12(17)7-13(14)18-15(19)9-20/h1-7,20H,8-9,17H2. The molecule has 0 aliphatic heterocycles. The third kappa shape index (κ3) is 2.35. The highest BCUT2D eigenvalue weighted by molar-refractivity contribution is 6.30. The second-order valence-corrected chi connectivity index (χ2v) is 5.09. The van der Waals surface area contributed by atoms with Crippen molar-refractivity contribution < 1.29 is 5.11 Å². The Labute approximate surface area is 121 Å². The fourth-order valence-electron chi connectivity index (χ4n) is 2.31. The summed E-state index contributed by atoms with van der Waals surface area (Å²) in [6, 6.07) is 13.2. The molecule has 0 spiro atoms. The number of anilines is 1. The van der Waals surface area contributed by atoms with Crippen molar-refractivity contribution in [1.82, 2.24) is 9.55 Å². The molecule has 0 saturated heterocycles. The van der Waals surface area contributed by atoms with E-state index in [-0.39, 0.29) is 6.61 Å². The summed E-state index contributed by atoms with van der Waals surface area (Å²) in [5, 5.41) is 10.2. The Balaban J connectivity index is 2.10. The van der Waals surface area contributed by atoms with Gasteiger partial charge in [-0.05, 0) is 35.9 Å². The minimum atomic E-state index is -0.116. The number of halogens is 1. The van der Waals surface area contributed by atoms with Crippen LogP contribution in [0.25, 0.3) is 11.0 Å². The summed E-state index contributed by atoms with van der Waals surface area (Å²) in [5.41, 5.74) is 9.22. The minimum Gasteiger partial charge on any atom is -0.399 e. The fourth-order valence-corrected chi connectivity index (χ4v) is 2.52. The maximum Gasteiger partial charge on any atom is 0.136 e. The quantitative estimate of drug-likeness (QED) is 0.728. The Morgan fingerprint density at radius 2 is 2.05 bits per heavy atom. The van der Waals surface area contributed by atoms with E-state index in [0.717, 1.165) is 16.6 Å². The zero-order valence-electron chi connectivity index (χ0n) is 10.8. The van der Waals surface area contributed by atoms with Crippen LogP contribution in [0, 0.1) is 0 Å². The topological polar surface area (TPSA) is 64.1 Å². The fraction of sp³-hybridized carbons (Fsp3) is 0.133. The molecule has 0 aliphatic carbocycles. The smallest absolute Gasteiger partial charge is 0.136 e. The molecule has 2 aromatic carbocycles. The largest absolute Gasteiger partial charge is 0.399 e. The van der Waals surface area contributed by atoms with E-state index in [1.165, 1.54) is 0 Å². The first-order chi connectivity index (χ1) is 9.67. The van der Waals surface area contributed by atoms with Crippen LogP contribution in [0.4, 0.5) is 5.69 Å². The van der Waals surface area contributed by atoms with Crippen molar-refractivity contribution in [1.29, 1.82) is 0 Å². The van der Waals surface area contributed by atoms with Gasteiger partial charge in [0, 0.05) is 17.3 Å². The first-order valence-corrected chi connectivity index (χ1v) is 6.65. The number of hydrogen-bond acceptors (Lipinski definition) is 3. The van der Waals surface area contributed by atoms with Gasteiger partial charge >= 0.3 is 0 Å². The molecule has 0 unspecified atom stereocenters. The Kier molecular flexibility index (Phi) is 3.34. The number of imidazole rings is 1. The van der Waals surface area contributed by atoms with Gasteiger partial charge in [0.15, 0.2) is 0 Å². The van der Waals surface area contributed by atoms with Crippen molar-refractivity contribution in [3.8, 4) is 0 Å². The van der Waals surface area contributed by atoms with Gasteiger partial charge in [-0.1, -0.05) is 23.7 Å². The van der Waals surface area contributed by atoms with Gasteiger partial charge in [-0.25, -0.2) is 4.98 Å². The zero-order valence-corrected chi connectivity index (χ0v) is 11.5. The average Bonchev–Trinajstić information content (AvgIpc) is 2.76. The Morgan fingerprint density at radius 1 is 1.20 bits per heavy atom. The molecule has 0 saturated carbocycles. The highest BCUT2D eigenvalue weighted by Crippen LogP contribution is 2.21. The van der Waals surface area contributed by atoms with Crippen LogP contribution in [-0.2, 0) is 13.2 Å². The molecule has 102 valence electrons. The number of hydrogen-bond donors (Lipinski definition) is 2. The monoisotopic (exact) mass is 287 g/mol. The zero-order chi connectivity index (χ0) is 14.1. The number of nitrogens with zero attached hydrogens (tertiary/aromatic N) is 2. The molecule has 1 heterocycles. The van der Waals surface area contributed by atoms with Crippen LogP contribution in [0.3, 0.4) is 0 Å². The Bertz CT molecular complexity index is 767. The Hall–Kier alpha value is -2.04. The highest BCUT2D eigenvalue weighted by atomic mass is 35.5. The number of aliphatic hydroxyl groups excluding tert-OH is 1.